The molecular formula is C15H21FN2O2. The van der Waals surface area contributed by atoms with Gasteiger partial charge in [-0.3, -0.25) is 4.79 Å². The molecular weight excluding hydrogens is 259 g/mol. The van der Waals surface area contributed by atoms with Gasteiger partial charge in [-0.25, -0.2) is 4.39 Å². The smallest absolute Gasteiger partial charge is 0.254 e. The number of halogens is 1. The van der Waals surface area contributed by atoms with Gasteiger partial charge in [0.15, 0.2) is 0 Å². The summed E-state index contributed by atoms with van der Waals surface area (Å²) in [7, 11) is 1.56. The van der Waals surface area contributed by atoms with Gasteiger partial charge in [0.1, 0.15) is 5.82 Å². The minimum absolute atomic E-state index is 0.122. The van der Waals surface area contributed by atoms with Crippen molar-refractivity contribution in [2.75, 3.05) is 33.4 Å². The molecule has 0 unspecified atom stereocenters. The number of nitrogens with one attached hydrogen (secondary N) is 2. The Kier molecular flexibility index (Phi) is 5.49. The Morgan fingerprint density at radius 2 is 2.20 bits per heavy atom. The Labute approximate surface area is 118 Å². The Balaban J connectivity index is 2.09. The minimum Gasteiger partial charge on any atom is -0.383 e. The van der Waals surface area contributed by atoms with E-state index in [1.54, 1.807) is 19.2 Å². The van der Waals surface area contributed by atoms with E-state index in [0.717, 1.165) is 31.5 Å². The van der Waals surface area contributed by atoms with E-state index in [-0.39, 0.29) is 11.5 Å². The van der Waals surface area contributed by atoms with Crippen molar-refractivity contribution < 1.29 is 13.9 Å². The lowest BCUT2D eigenvalue weighted by molar-refractivity contribution is 0.0933. The van der Waals surface area contributed by atoms with Gasteiger partial charge in [0.05, 0.1) is 12.2 Å². The molecule has 20 heavy (non-hydrogen) atoms. The third kappa shape index (κ3) is 3.77. The van der Waals surface area contributed by atoms with Gasteiger partial charge >= 0.3 is 0 Å². The standard InChI is InChI=1S/C15H21FN2O2/c1-20-9-8-18-15(19)13-10-12(2-3-14(13)16)11-4-6-17-7-5-11/h2-3,10-11,17H,4-9H2,1H3,(H,18,19). The van der Waals surface area contributed by atoms with E-state index in [0.29, 0.717) is 19.1 Å². The van der Waals surface area contributed by atoms with Crippen LogP contribution >= 0.6 is 0 Å². The van der Waals surface area contributed by atoms with Gasteiger partial charge < -0.3 is 15.4 Å². The molecule has 1 heterocycles. The highest BCUT2D eigenvalue weighted by Gasteiger charge is 2.18. The number of rotatable bonds is 5. The maximum absolute atomic E-state index is 13.8. The Hall–Kier alpha value is -1.46. The number of hydrogen-bond acceptors (Lipinski definition) is 3. The average Bonchev–Trinajstić information content (AvgIpc) is 2.49. The highest BCUT2D eigenvalue weighted by molar-refractivity contribution is 5.94. The van der Waals surface area contributed by atoms with Gasteiger partial charge in [-0.2, -0.15) is 0 Å². The van der Waals surface area contributed by atoms with Crippen LogP contribution in [0.2, 0.25) is 0 Å². The van der Waals surface area contributed by atoms with Crippen molar-refractivity contribution in [3.05, 3.63) is 35.1 Å². The first-order chi connectivity index (χ1) is 9.72. The maximum Gasteiger partial charge on any atom is 0.254 e. The molecule has 1 aliphatic rings. The van der Waals surface area contributed by atoms with E-state index in [9.17, 15) is 9.18 Å². The zero-order chi connectivity index (χ0) is 14.4. The molecule has 0 radical (unpaired) electrons. The molecule has 0 saturated carbocycles. The van der Waals surface area contributed by atoms with Crippen LogP contribution in [-0.4, -0.2) is 39.3 Å². The lowest BCUT2D eigenvalue weighted by atomic mass is 9.89. The summed E-state index contributed by atoms with van der Waals surface area (Å²) in [6, 6.07) is 4.87. The number of ether oxygens (including phenoxy) is 1. The van der Waals surface area contributed by atoms with E-state index < -0.39 is 5.82 Å². The summed E-state index contributed by atoms with van der Waals surface area (Å²) in [5.74, 6) is -0.449. The van der Waals surface area contributed by atoms with E-state index in [4.69, 9.17) is 4.74 Å². The Morgan fingerprint density at radius 1 is 1.45 bits per heavy atom. The lowest BCUT2D eigenvalue weighted by Crippen LogP contribution is -2.29. The number of carbonyl (C=O) groups is 1. The molecule has 2 N–H and O–H groups in total. The van der Waals surface area contributed by atoms with Crippen LogP contribution in [0.1, 0.15) is 34.7 Å². The average molecular weight is 280 g/mol. The number of hydrogen-bond donors (Lipinski definition) is 2. The predicted octanol–water partition coefficient (Wildman–Crippen LogP) is 1.67. The third-order valence-corrected chi connectivity index (χ3v) is 3.64. The second kappa shape index (κ2) is 7.36. The van der Waals surface area contributed by atoms with Crippen molar-refractivity contribution >= 4 is 5.91 Å². The van der Waals surface area contributed by atoms with E-state index in [2.05, 4.69) is 10.6 Å². The SMILES string of the molecule is COCCNC(=O)c1cc(C2CCNCC2)ccc1F. The highest BCUT2D eigenvalue weighted by atomic mass is 19.1. The van der Waals surface area contributed by atoms with Crippen LogP contribution in [0, 0.1) is 5.82 Å². The molecule has 110 valence electrons. The van der Waals surface area contributed by atoms with Gasteiger partial charge in [-0.05, 0) is 49.5 Å². The van der Waals surface area contributed by atoms with Crippen LogP contribution < -0.4 is 10.6 Å². The summed E-state index contributed by atoms with van der Waals surface area (Å²) in [6.07, 6.45) is 2.05. The van der Waals surface area contributed by atoms with Crippen LogP contribution in [0.3, 0.4) is 0 Å². The molecule has 1 aromatic rings. The monoisotopic (exact) mass is 280 g/mol. The number of methoxy groups -OCH3 is 1. The van der Waals surface area contributed by atoms with Gasteiger partial charge in [0.2, 0.25) is 0 Å². The fourth-order valence-electron chi connectivity index (χ4n) is 2.49. The zero-order valence-electron chi connectivity index (χ0n) is 11.7. The molecule has 4 nitrogen and oxygen atoms in total. The Morgan fingerprint density at radius 3 is 2.90 bits per heavy atom. The van der Waals surface area contributed by atoms with Gasteiger partial charge in [0.25, 0.3) is 5.91 Å². The molecule has 1 saturated heterocycles. The quantitative estimate of drug-likeness (QED) is 0.807. The fraction of sp³-hybridized carbons (Fsp3) is 0.533. The van der Waals surface area contributed by atoms with E-state index in [1.807, 2.05) is 0 Å². The van der Waals surface area contributed by atoms with Crippen LogP contribution in [0.4, 0.5) is 4.39 Å². The molecule has 1 fully saturated rings. The van der Waals surface area contributed by atoms with Crippen LogP contribution in [0.25, 0.3) is 0 Å². The summed E-state index contributed by atoms with van der Waals surface area (Å²) >= 11 is 0. The second-order valence-electron chi connectivity index (χ2n) is 5.01. The van der Waals surface area contributed by atoms with Crippen molar-refractivity contribution in [1.82, 2.24) is 10.6 Å². The summed E-state index contributed by atoms with van der Waals surface area (Å²) in [5, 5.41) is 5.95. The summed E-state index contributed by atoms with van der Waals surface area (Å²) < 4.78 is 18.7. The first-order valence-corrected chi connectivity index (χ1v) is 6.99. The highest BCUT2D eigenvalue weighted by Crippen LogP contribution is 2.26. The molecule has 2 rings (SSSR count). The summed E-state index contributed by atoms with van der Waals surface area (Å²) in [4.78, 5) is 12.0. The second-order valence-corrected chi connectivity index (χ2v) is 5.01. The van der Waals surface area contributed by atoms with Gasteiger partial charge in [0, 0.05) is 13.7 Å². The van der Waals surface area contributed by atoms with E-state index in [1.165, 1.54) is 6.07 Å². The Bertz CT molecular complexity index is 459. The molecule has 0 aromatic heterocycles. The van der Waals surface area contributed by atoms with Crippen LogP contribution in [0.5, 0.6) is 0 Å². The van der Waals surface area contributed by atoms with E-state index >= 15 is 0 Å². The first-order valence-electron chi connectivity index (χ1n) is 6.99. The summed E-state index contributed by atoms with van der Waals surface area (Å²) in [6.45, 7) is 2.74. The zero-order valence-corrected chi connectivity index (χ0v) is 11.7. The third-order valence-electron chi connectivity index (χ3n) is 3.64. The largest absolute Gasteiger partial charge is 0.383 e. The number of piperidine rings is 1. The molecule has 0 bridgehead atoms. The van der Waals surface area contributed by atoms with Crippen molar-refractivity contribution in [2.24, 2.45) is 0 Å². The fourth-order valence-corrected chi connectivity index (χ4v) is 2.49. The van der Waals surface area contributed by atoms with Gasteiger partial charge in [-0.15, -0.1) is 0 Å². The number of benzene rings is 1. The molecule has 1 aromatic carbocycles. The van der Waals surface area contributed by atoms with Crippen molar-refractivity contribution in [1.29, 1.82) is 0 Å². The minimum atomic E-state index is -0.474. The number of carbonyl (C=O) groups excluding carboxylic acids is 1. The maximum atomic E-state index is 13.8. The first kappa shape index (κ1) is 14.9. The molecule has 1 aliphatic heterocycles. The normalized spacial score (nSPS) is 16.1. The van der Waals surface area contributed by atoms with Crippen molar-refractivity contribution in [3.8, 4) is 0 Å². The molecule has 0 spiro atoms. The number of amides is 1. The lowest BCUT2D eigenvalue weighted by Gasteiger charge is -2.23. The van der Waals surface area contributed by atoms with Crippen molar-refractivity contribution in [3.63, 3.8) is 0 Å². The summed E-state index contributed by atoms with van der Waals surface area (Å²) in [5.41, 5.74) is 1.17. The molecule has 1 amide bonds. The topological polar surface area (TPSA) is 50.4 Å². The molecule has 0 atom stereocenters. The van der Waals surface area contributed by atoms with Gasteiger partial charge in [-0.1, -0.05) is 6.07 Å². The van der Waals surface area contributed by atoms with Crippen LogP contribution in [0.15, 0.2) is 18.2 Å². The van der Waals surface area contributed by atoms with Crippen LogP contribution in [-0.2, 0) is 4.74 Å². The van der Waals surface area contributed by atoms with Crippen molar-refractivity contribution in [2.45, 2.75) is 18.8 Å². The predicted molar refractivity (Wildman–Crippen MR) is 75.5 cm³/mol. The molecule has 5 heteroatoms. The molecule has 0 aliphatic carbocycles.